The Morgan fingerprint density at radius 2 is 2.12 bits per heavy atom. The van der Waals surface area contributed by atoms with Crippen LogP contribution in [0.1, 0.15) is 13.8 Å². The molecule has 0 saturated carbocycles. The van der Waals surface area contributed by atoms with Crippen LogP contribution in [-0.2, 0) is 4.79 Å². The van der Waals surface area contributed by atoms with Crippen LogP contribution in [0.2, 0.25) is 5.15 Å². The number of hydrogen-bond acceptors (Lipinski definition) is 4. The third-order valence-corrected chi connectivity index (χ3v) is 2.39. The van der Waals surface area contributed by atoms with E-state index in [0.29, 0.717) is 17.5 Å². The number of anilines is 1. The average molecular weight is 243 g/mol. The molecule has 1 rings (SSSR count). The van der Waals surface area contributed by atoms with Gasteiger partial charge in [-0.05, 0) is 26.0 Å². The van der Waals surface area contributed by atoms with Crippen LogP contribution >= 0.6 is 11.6 Å². The number of carbonyl (C=O) groups excluding carboxylic acids is 1. The summed E-state index contributed by atoms with van der Waals surface area (Å²) in [6.07, 6.45) is 0. The number of nitrogens with one attached hydrogen (secondary N) is 2. The first-order valence-electron chi connectivity index (χ1n) is 4.91. The van der Waals surface area contributed by atoms with Crippen LogP contribution in [0.25, 0.3) is 0 Å². The molecule has 16 heavy (non-hydrogen) atoms. The van der Waals surface area contributed by atoms with Crippen LogP contribution < -0.4 is 10.6 Å². The van der Waals surface area contributed by atoms with Gasteiger partial charge in [-0.25, -0.2) is 0 Å². The first-order chi connectivity index (χ1) is 7.45. The zero-order chi connectivity index (χ0) is 12.2. The standard InChI is InChI=1S/C10H15ClN4O/c1-10(2,9(16)12-3)6-13-8-5-4-7(11)14-15-8/h4-5H,6H2,1-3H3,(H,12,16)(H,13,15). The normalized spacial score (nSPS) is 11.0. The van der Waals surface area contributed by atoms with E-state index < -0.39 is 5.41 Å². The molecule has 0 aliphatic rings. The third kappa shape index (κ3) is 3.34. The fourth-order valence-electron chi connectivity index (χ4n) is 1.14. The molecular weight excluding hydrogens is 228 g/mol. The van der Waals surface area contributed by atoms with E-state index >= 15 is 0 Å². The minimum atomic E-state index is -0.504. The van der Waals surface area contributed by atoms with Crippen molar-refractivity contribution in [3.63, 3.8) is 0 Å². The van der Waals surface area contributed by atoms with Crippen molar-refractivity contribution in [2.24, 2.45) is 5.41 Å². The number of nitrogens with zero attached hydrogens (tertiary/aromatic N) is 2. The van der Waals surface area contributed by atoms with Crippen LogP contribution in [0, 0.1) is 5.41 Å². The molecule has 0 aliphatic heterocycles. The SMILES string of the molecule is CNC(=O)C(C)(C)CNc1ccc(Cl)nn1. The second kappa shape index (κ2) is 5.12. The van der Waals surface area contributed by atoms with E-state index in [2.05, 4.69) is 20.8 Å². The summed E-state index contributed by atoms with van der Waals surface area (Å²) in [6, 6.07) is 3.36. The molecule has 0 unspecified atom stereocenters. The van der Waals surface area contributed by atoms with Crippen LogP contribution in [-0.4, -0.2) is 29.7 Å². The Hall–Kier alpha value is -1.36. The molecule has 2 N–H and O–H groups in total. The highest BCUT2D eigenvalue weighted by Crippen LogP contribution is 2.16. The van der Waals surface area contributed by atoms with Crippen molar-refractivity contribution >= 4 is 23.3 Å². The lowest BCUT2D eigenvalue weighted by atomic mass is 9.92. The maximum atomic E-state index is 11.5. The highest BCUT2D eigenvalue weighted by atomic mass is 35.5. The molecule has 0 aromatic carbocycles. The van der Waals surface area contributed by atoms with Crippen LogP contribution in [0.5, 0.6) is 0 Å². The molecule has 1 aromatic heterocycles. The summed E-state index contributed by atoms with van der Waals surface area (Å²) in [6.45, 7) is 4.17. The Morgan fingerprint density at radius 3 is 2.62 bits per heavy atom. The zero-order valence-corrected chi connectivity index (χ0v) is 10.3. The van der Waals surface area contributed by atoms with Crippen molar-refractivity contribution in [2.75, 3.05) is 18.9 Å². The highest BCUT2D eigenvalue weighted by Gasteiger charge is 2.26. The predicted octanol–water partition coefficient (Wildman–Crippen LogP) is 1.31. The van der Waals surface area contributed by atoms with Gasteiger partial charge in [-0.15, -0.1) is 10.2 Å². The van der Waals surface area contributed by atoms with Gasteiger partial charge in [-0.3, -0.25) is 4.79 Å². The van der Waals surface area contributed by atoms with Gasteiger partial charge in [0.25, 0.3) is 0 Å². The van der Waals surface area contributed by atoms with Crippen molar-refractivity contribution in [3.05, 3.63) is 17.3 Å². The van der Waals surface area contributed by atoms with Gasteiger partial charge >= 0.3 is 0 Å². The van der Waals surface area contributed by atoms with Crippen molar-refractivity contribution in [3.8, 4) is 0 Å². The molecule has 0 saturated heterocycles. The topological polar surface area (TPSA) is 66.9 Å². The first kappa shape index (κ1) is 12.7. The second-order valence-corrected chi connectivity index (χ2v) is 4.45. The Balaban J connectivity index is 2.57. The van der Waals surface area contributed by atoms with E-state index in [1.54, 1.807) is 19.2 Å². The molecule has 88 valence electrons. The summed E-state index contributed by atoms with van der Waals surface area (Å²) in [7, 11) is 1.62. The van der Waals surface area contributed by atoms with Crippen LogP contribution in [0.15, 0.2) is 12.1 Å². The largest absolute Gasteiger partial charge is 0.368 e. The van der Waals surface area contributed by atoms with Gasteiger partial charge in [0.2, 0.25) is 5.91 Å². The van der Waals surface area contributed by atoms with E-state index in [9.17, 15) is 4.79 Å². The second-order valence-electron chi connectivity index (χ2n) is 4.06. The quantitative estimate of drug-likeness (QED) is 0.836. The number of rotatable bonds is 4. The first-order valence-corrected chi connectivity index (χ1v) is 5.29. The zero-order valence-electron chi connectivity index (χ0n) is 9.54. The number of aromatic nitrogens is 2. The van der Waals surface area contributed by atoms with Gasteiger partial charge in [0.15, 0.2) is 5.15 Å². The van der Waals surface area contributed by atoms with Gasteiger partial charge in [-0.1, -0.05) is 11.6 Å². The highest BCUT2D eigenvalue weighted by molar-refractivity contribution is 6.29. The van der Waals surface area contributed by atoms with Gasteiger partial charge < -0.3 is 10.6 Å². The molecule has 0 bridgehead atoms. The summed E-state index contributed by atoms with van der Waals surface area (Å²) in [5, 5.41) is 13.5. The maximum Gasteiger partial charge on any atom is 0.227 e. The molecule has 0 aliphatic carbocycles. The molecule has 0 spiro atoms. The smallest absolute Gasteiger partial charge is 0.227 e. The number of hydrogen-bond donors (Lipinski definition) is 2. The van der Waals surface area contributed by atoms with E-state index in [0.717, 1.165) is 0 Å². The summed E-state index contributed by atoms with van der Waals surface area (Å²) < 4.78 is 0. The molecule has 1 amide bonds. The Labute approximate surface area is 99.6 Å². The van der Waals surface area contributed by atoms with E-state index in [-0.39, 0.29) is 5.91 Å². The van der Waals surface area contributed by atoms with Crippen LogP contribution in [0.4, 0.5) is 5.82 Å². The van der Waals surface area contributed by atoms with E-state index in [1.807, 2.05) is 13.8 Å². The predicted molar refractivity (Wildman–Crippen MR) is 63.4 cm³/mol. The molecular formula is C10H15ClN4O. The number of halogens is 1. The maximum absolute atomic E-state index is 11.5. The Kier molecular flexibility index (Phi) is 4.06. The van der Waals surface area contributed by atoms with Gasteiger partial charge in [0, 0.05) is 13.6 Å². The molecule has 0 atom stereocenters. The van der Waals surface area contributed by atoms with Gasteiger partial charge in [-0.2, -0.15) is 0 Å². The molecule has 1 aromatic rings. The monoisotopic (exact) mass is 242 g/mol. The fraction of sp³-hybridized carbons (Fsp3) is 0.500. The molecule has 1 heterocycles. The molecule has 0 radical (unpaired) electrons. The number of carbonyl (C=O) groups is 1. The van der Waals surface area contributed by atoms with Crippen LogP contribution in [0.3, 0.4) is 0 Å². The summed E-state index contributed by atoms with van der Waals surface area (Å²) >= 11 is 5.61. The lowest BCUT2D eigenvalue weighted by molar-refractivity contribution is -0.128. The minimum absolute atomic E-state index is 0.0260. The third-order valence-electron chi connectivity index (χ3n) is 2.19. The van der Waals surface area contributed by atoms with Crippen molar-refractivity contribution in [1.29, 1.82) is 0 Å². The van der Waals surface area contributed by atoms with Gasteiger partial charge in [0.1, 0.15) is 5.82 Å². The summed E-state index contributed by atoms with van der Waals surface area (Å²) in [5.74, 6) is 0.573. The average Bonchev–Trinajstić information content (AvgIpc) is 2.27. The van der Waals surface area contributed by atoms with E-state index in [1.165, 1.54) is 0 Å². The molecule has 0 fully saturated rings. The Bertz CT molecular complexity index is 364. The van der Waals surface area contributed by atoms with Crippen molar-refractivity contribution in [2.45, 2.75) is 13.8 Å². The minimum Gasteiger partial charge on any atom is -0.368 e. The fourth-order valence-corrected chi connectivity index (χ4v) is 1.24. The van der Waals surface area contributed by atoms with Gasteiger partial charge in [0.05, 0.1) is 5.41 Å². The lowest BCUT2D eigenvalue weighted by Gasteiger charge is -2.22. The van der Waals surface area contributed by atoms with Crippen molar-refractivity contribution < 1.29 is 4.79 Å². The molecule has 6 heteroatoms. The Morgan fingerprint density at radius 1 is 1.44 bits per heavy atom. The summed E-state index contributed by atoms with van der Waals surface area (Å²) in [4.78, 5) is 11.5. The summed E-state index contributed by atoms with van der Waals surface area (Å²) in [5.41, 5.74) is -0.504. The van der Waals surface area contributed by atoms with E-state index in [4.69, 9.17) is 11.6 Å². The number of amides is 1. The lowest BCUT2D eigenvalue weighted by Crippen LogP contribution is -2.39. The van der Waals surface area contributed by atoms with Crippen molar-refractivity contribution in [1.82, 2.24) is 15.5 Å². The molecule has 5 nitrogen and oxygen atoms in total.